The summed E-state index contributed by atoms with van der Waals surface area (Å²) in [5.41, 5.74) is 0. The molecule has 0 bridgehead atoms. The molecule has 6 nitrogen and oxygen atoms in total. The highest BCUT2D eigenvalue weighted by Crippen LogP contribution is 2.23. The van der Waals surface area contributed by atoms with Crippen LogP contribution in [0.5, 0.6) is 0 Å². The largest absolute Gasteiger partial charge is 0.465 e. The van der Waals surface area contributed by atoms with Gasteiger partial charge in [-0.15, -0.1) is 0 Å². The fourth-order valence-corrected chi connectivity index (χ4v) is 7.58. The number of ether oxygens (including phenoxy) is 3. The Kier molecular flexibility index (Phi) is 34.1. The Morgan fingerprint density at radius 3 is 1.31 bits per heavy atom. The Morgan fingerprint density at radius 2 is 0.873 bits per heavy atom. The van der Waals surface area contributed by atoms with Crippen molar-refractivity contribution in [1.29, 1.82) is 0 Å². The van der Waals surface area contributed by atoms with Crippen molar-refractivity contribution in [2.75, 3.05) is 26.4 Å². The summed E-state index contributed by atoms with van der Waals surface area (Å²) in [7, 11) is 0. The molecule has 0 aliphatic rings. The van der Waals surface area contributed by atoms with Crippen LogP contribution in [0.15, 0.2) is 0 Å². The summed E-state index contributed by atoms with van der Waals surface area (Å²) >= 11 is 0. The van der Waals surface area contributed by atoms with Gasteiger partial charge in [-0.05, 0) is 115 Å². The normalized spacial score (nSPS) is 13.9. The van der Waals surface area contributed by atoms with Crippen molar-refractivity contribution in [2.45, 2.75) is 243 Å². The molecule has 6 heteroatoms. The molecule has 328 valence electrons. The van der Waals surface area contributed by atoms with E-state index in [1.165, 1.54) is 89.9 Å². The van der Waals surface area contributed by atoms with E-state index in [2.05, 4.69) is 88.0 Å². The minimum Gasteiger partial charge on any atom is -0.465 e. The van der Waals surface area contributed by atoms with Gasteiger partial charge >= 0.3 is 11.9 Å². The maximum Gasteiger partial charge on any atom is 0.320 e. The average molecular weight is 780 g/mol. The first kappa shape index (κ1) is 53.9. The van der Waals surface area contributed by atoms with Crippen LogP contribution < -0.4 is 0 Å². The van der Waals surface area contributed by atoms with Gasteiger partial charge in [-0.25, -0.2) is 0 Å². The third kappa shape index (κ3) is 32.5. The van der Waals surface area contributed by atoms with E-state index in [9.17, 15) is 9.59 Å². The Hall–Kier alpha value is -1.14. The molecule has 0 aliphatic carbocycles. The molecule has 0 fully saturated rings. The number of nitrogens with zero attached hydrogens (tertiary/aromatic N) is 1. The van der Waals surface area contributed by atoms with E-state index in [0.717, 1.165) is 64.1 Å². The zero-order valence-corrected chi connectivity index (χ0v) is 39.1. The molecule has 0 spiro atoms. The highest BCUT2D eigenvalue weighted by atomic mass is 16.5. The van der Waals surface area contributed by atoms with Gasteiger partial charge in [0.1, 0.15) is 6.10 Å². The van der Waals surface area contributed by atoms with Gasteiger partial charge in [0.05, 0.1) is 13.2 Å². The molecule has 0 aromatic rings. The zero-order chi connectivity index (χ0) is 41.4. The van der Waals surface area contributed by atoms with E-state index in [1.54, 1.807) is 0 Å². The highest BCUT2D eigenvalue weighted by molar-refractivity contribution is 5.72. The maximum atomic E-state index is 13.0. The molecule has 0 saturated heterocycles. The topological polar surface area (TPSA) is 65.1 Å². The molecular formula is C49H97NO5. The van der Waals surface area contributed by atoms with Crippen LogP contribution >= 0.6 is 0 Å². The fourth-order valence-electron chi connectivity index (χ4n) is 7.58. The van der Waals surface area contributed by atoms with Gasteiger partial charge in [-0.3, -0.25) is 14.5 Å². The van der Waals surface area contributed by atoms with Crippen molar-refractivity contribution in [2.24, 2.45) is 35.5 Å². The zero-order valence-electron chi connectivity index (χ0n) is 39.1. The summed E-state index contributed by atoms with van der Waals surface area (Å²) in [4.78, 5) is 27.6. The summed E-state index contributed by atoms with van der Waals surface area (Å²) < 4.78 is 17.9. The second kappa shape index (κ2) is 34.9. The van der Waals surface area contributed by atoms with Crippen LogP contribution in [-0.2, 0) is 23.8 Å². The highest BCUT2D eigenvalue weighted by Gasteiger charge is 2.21. The van der Waals surface area contributed by atoms with Crippen molar-refractivity contribution in [3.63, 3.8) is 0 Å². The first-order chi connectivity index (χ1) is 26.1. The van der Waals surface area contributed by atoms with Crippen LogP contribution in [0, 0.1) is 35.5 Å². The van der Waals surface area contributed by atoms with E-state index in [0.29, 0.717) is 61.2 Å². The predicted octanol–water partition coefficient (Wildman–Crippen LogP) is 14.0. The molecular weight excluding hydrogens is 683 g/mol. The molecule has 0 aliphatic heterocycles. The van der Waals surface area contributed by atoms with Gasteiger partial charge in [0.25, 0.3) is 0 Å². The van der Waals surface area contributed by atoms with E-state index in [-0.39, 0.29) is 18.0 Å². The van der Waals surface area contributed by atoms with Crippen molar-refractivity contribution >= 4 is 11.9 Å². The van der Waals surface area contributed by atoms with E-state index in [4.69, 9.17) is 14.2 Å². The summed E-state index contributed by atoms with van der Waals surface area (Å²) in [6, 6.07) is 0.635. The number of esters is 2. The van der Waals surface area contributed by atoms with Crippen molar-refractivity contribution in [1.82, 2.24) is 4.90 Å². The molecule has 55 heavy (non-hydrogen) atoms. The first-order valence-electron chi connectivity index (χ1n) is 23.8. The number of carbonyl (C=O) groups excluding carboxylic acids is 2. The summed E-state index contributed by atoms with van der Waals surface area (Å²) in [5.74, 6) is 3.77. The standard InChI is InChI=1S/C49H97NO5/c1-39(2)31-33-45(41(5)6)37-53-35-27-23-19-14-13-16-20-24-28-47(55-49(52)36-50(43(9)10)44(11)12)29-25-21-17-15-18-22-26-30-48(51)54-38-46(42(7)8)34-32-40(3)4/h39-47H,13-38H2,1-12H3. The monoisotopic (exact) mass is 780 g/mol. The SMILES string of the molecule is CC(C)CCC(COCCCCCCCCCCC(CCCCCCCCCC(=O)OCC(CCC(C)C)C(C)C)OC(=O)CN(C(C)C)C(C)C)C(C)C. The Labute approximate surface area is 344 Å². The van der Waals surface area contributed by atoms with Crippen molar-refractivity contribution in [3.8, 4) is 0 Å². The number of carbonyl (C=O) groups is 2. The number of rotatable bonds is 38. The first-order valence-corrected chi connectivity index (χ1v) is 23.8. The van der Waals surface area contributed by atoms with E-state index in [1.807, 2.05) is 0 Å². The molecule has 0 amide bonds. The molecule has 0 saturated carbocycles. The van der Waals surface area contributed by atoms with E-state index < -0.39 is 0 Å². The van der Waals surface area contributed by atoms with Gasteiger partial charge in [-0.1, -0.05) is 139 Å². The summed E-state index contributed by atoms with van der Waals surface area (Å²) in [6.07, 6.45) is 25.3. The van der Waals surface area contributed by atoms with Gasteiger partial charge in [0.2, 0.25) is 0 Å². The van der Waals surface area contributed by atoms with Crippen LogP contribution in [-0.4, -0.2) is 61.4 Å². The van der Waals surface area contributed by atoms with Gasteiger partial charge < -0.3 is 14.2 Å². The summed E-state index contributed by atoms with van der Waals surface area (Å²) in [6.45, 7) is 29.7. The Morgan fingerprint density at radius 1 is 0.455 bits per heavy atom. The lowest BCUT2D eigenvalue weighted by Crippen LogP contribution is -2.42. The Balaban J connectivity index is 4.35. The molecule has 0 heterocycles. The van der Waals surface area contributed by atoms with E-state index >= 15 is 0 Å². The lowest BCUT2D eigenvalue weighted by atomic mass is 9.89. The fraction of sp³-hybridized carbons (Fsp3) is 0.959. The molecule has 0 rings (SSSR count). The van der Waals surface area contributed by atoms with Crippen LogP contribution in [0.4, 0.5) is 0 Å². The average Bonchev–Trinajstić information content (AvgIpc) is 3.10. The van der Waals surface area contributed by atoms with Crippen LogP contribution in [0.25, 0.3) is 0 Å². The minimum atomic E-state index is -0.0690. The number of unbranched alkanes of at least 4 members (excludes halogenated alkanes) is 13. The van der Waals surface area contributed by atoms with Crippen LogP contribution in [0.1, 0.15) is 224 Å². The third-order valence-corrected chi connectivity index (χ3v) is 11.8. The minimum absolute atomic E-state index is 0.0278. The second-order valence-electron chi connectivity index (χ2n) is 19.3. The molecule has 3 unspecified atom stereocenters. The quantitative estimate of drug-likeness (QED) is 0.0459. The number of hydrogen-bond acceptors (Lipinski definition) is 6. The van der Waals surface area contributed by atoms with Gasteiger partial charge in [0, 0.05) is 31.7 Å². The second-order valence-corrected chi connectivity index (χ2v) is 19.3. The third-order valence-electron chi connectivity index (χ3n) is 11.8. The van der Waals surface area contributed by atoms with Crippen LogP contribution in [0.3, 0.4) is 0 Å². The van der Waals surface area contributed by atoms with Crippen molar-refractivity contribution < 1.29 is 23.8 Å². The van der Waals surface area contributed by atoms with Crippen LogP contribution in [0.2, 0.25) is 0 Å². The summed E-state index contributed by atoms with van der Waals surface area (Å²) in [5, 5.41) is 0. The molecule has 0 aromatic heterocycles. The Bertz CT molecular complexity index is 877. The predicted molar refractivity (Wildman–Crippen MR) is 237 cm³/mol. The van der Waals surface area contributed by atoms with Gasteiger partial charge in [-0.2, -0.15) is 0 Å². The molecule has 0 radical (unpaired) electrons. The molecule has 3 atom stereocenters. The lowest BCUT2D eigenvalue weighted by molar-refractivity contribution is -0.152. The maximum absolute atomic E-state index is 13.0. The van der Waals surface area contributed by atoms with Crippen molar-refractivity contribution in [3.05, 3.63) is 0 Å². The molecule has 0 aromatic carbocycles. The van der Waals surface area contributed by atoms with Gasteiger partial charge in [0.15, 0.2) is 0 Å². The molecule has 0 N–H and O–H groups in total. The lowest BCUT2D eigenvalue weighted by Gasteiger charge is -2.30. The smallest absolute Gasteiger partial charge is 0.320 e. The number of hydrogen-bond donors (Lipinski definition) is 0.